The molecule has 130 valence electrons. The van der Waals surface area contributed by atoms with Crippen molar-refractivity contribution in [3.8, 4) is 0 Å². The summed E-state index contributed by atoms with van der Waals surface area (Å²) >= 11 is 0. The Kier molecular flexibility index (Phi) is 6.85. The van der Waals surface area contributed by atoms with Crippen molar-refractivity contribution in [3.05, 3.63) is 71.3 Å². The van der Waals surface area contributed by atoms with Gasteiger partial charge < -0.3 is 10.4 Å². The molecular formula is C19H24F2N2O. The molecule has 0 aliphatic heterocycles. The van der Waals surface area contributed by atoms with Crippen LogP contribution in [0, 0.1) is 11.6 Å². The lowest BCUT2D eigenvalue weighted by atomic mass is 10.1. The maximum Gasteiger partial charge on any atom is 0.163 e. The van der Waals surface area contributed by atoms with E-state index in [9.17, 15) is 13.9 Å². The molecule has 0 aliphatic carbocycles. The van der Waals surface area contributed by atoms with Crippen molar-refractivity contribution in [2.45, 2.75) is 25.6 Å². The third kappa shape index (κ3) is 5.37. The predicted octanol–water partition coefficient (Wildman–Crippen LogP) is 3.11. The third-order valence-electron chi connectivity index (χ3n) is 3.93. The molecule has 2 atom stereocenters. The first-order chi connectivity index (χ1) is 11.5. The van der Waals surface area contributed by atoms with E-state index in [0.29, 0.717) is 13.1 Å². The van der Waals surface area contributed by atoms with Crippen molar-refractivity contribution in [3.63, 3.8) is 0 Å². The quantitative estimate of drug-likeness (QED) is 0.779. The molecular weight excluding hydrogens is 310 g/mol. The standard InChI is InChI=1S/C19H24F2N2O/c1-14(17-9-6-10-18(20)19(17)21)22-11-16(24)13-23(2)12-15-7-4-3-5-8-15/h3-10,14,16,22,24H,11-13H2,1-2H3. The van der Waals surface area contributed by atoms with Gasteiger partial charge in [0, 0.05) is 31.2 Å². The summed E-state index contributed by atoms with van der Waals surface area (Å²) in [7, 11) is 1.94. The number of benzene rings is 2. The molecule has 0 heterocycles. The highest BCUT2D eigenvalue weighted by Gasteiger charge is 2.15. The van der Waals surface area contributed by atoms with E-state index in [1.54, 1.807) is 13.0 Å². The minimum absolute atomic E-state index is 0.264. The van der Waals surface area contributed by atoms with E-state index in [2.05, 4.69) is 5.32 Å². The summed E-state index contributed by atoms with van der Waals surface area (Å²) in [4.78, 5) is 2.02. The second-order valence-electron chi connectivity index (χ2n) is 6.11. The van der Waals surface area contributed by atoms with E-state index in [4.69, 9.17) is 0 Å². The number of nitrogens with one attached hydrogen (secondary N) is 1. The first-order valence-corrected chi connectivity index (χ1v) is 8.05. The van der Waals surface area contributed by atoms with Crippen LogP contribution in [0.4, 0.5) is 8.78 Å². The molecule has 0 amide bonds. The van der Waals surface area contributed by atoms with Crippen molar-refractivity contribution < 1.29 is 13.9 Å². The number of halogens is 2. The van der Waals surface area contributed by atoms with Crippen molar-refractivity contribution in [2.75, 3.05) is 20.1 Å². The summed E-state index contributed by atoms with van der Waals surface area (Å²) in [6.45, 7) is 3.28. The fourth-order valence-electron chi connectivity index (χ4n) is 2.66. The van der Waals surface area contributed by atoms with Crippen LogP contribution in [-0.4, -0.2) is 36.2 Å². The summed E-state index contributed by atoms with van der Waals surface area (Å²) < 4.78 is 27.0. The first-order valence-electron chi connectivity index (χ1n) is 8.05. The van der Waals surface area contributed by atoms with Crippen LogP contribution in [-0.2, 0) is 6.54 Å². The monoisotopic (exact) mass is 334 g/mol. The number of rotatable bonds is 8. The third-order valence-corrected chi connectivity index (χ3v) is 3.93. The second kappa shape index (κ2) is 8.87. The molecule has 2 unspecified atom stereocenters. The van der Waals surface area contributed by atoms with E-state index in [1.165, 1.54) is 11.6 Å². The summed E-state index contributed by atoms with van der Waals surface area (Å²) in [5.74, 6) is -1.70. The maximum atomic E-state index is 13.7. The van der Waals surface area contributed by atoms with Crippen molar-refractivity contribution in [1.29, 1.82) is 0 Å². The lowest BCUT2D eigenvalue weighted by Gasteiger charge is -2.23. The Bertz CT molecular complexity index is 637. The lowest BCUT2D eigenvalue weighted by Crippen LogP contribution is -2.37. The summed E-state index contributed by atoms with van der Waals surface area (Å²) in [6, 6.07) is 13.8. The van der Waals surface area contributed by atoms with Crippen molar-refractivity contribution >= 4 is 0 Å². The Morgan fingerprint density at radius 3 is 2.50 bits per heavy atom. The molecule has 2 N–H and O–H groups in total. The molecule has 0 aromatic heterocycles. The average molecular weight is 334 g/mol. The highest BCUT2D eigenvalue weighted by atomic mass is 19.2. The van der Waals surface area contributed by atoms with Crippen molar-refractivity contribution in [2.24, 2.45) is 0 Å². The minimum atomic E-state index is -0.857. The predicted molar refractivity (Wildman–Crippen MR) is 91.6 cm³/mol. The van der Waals surface area contributed by atoms with Crippen LogP contribution in [0.15, 0.2) is 48.5 Å². The van der Waals surface area contributed by atoms with Gasteiger partial charge in [-0.05, 0) is 25.6 Å². The molecule has 2 aromatic rings. The van der Waals surface area contributed by atoms with Gasteiger partial charge in [0.1, 0.15) is 0 Å². The molecule has 5 heteroatoms. The molecule has 24 heavy (non-hydrogen) atoms. The number of nitrogens with zero attached hydrogens (tertiary/aromatic N) is 1. The number of hydrogen-bond donors (Lipinski definition) is 2. The zero-order chi connectivity index (χ0) is 17.5. The highest BCUT2D eigenvalue weighted by molar-refractivity contribution is 5.22. The van der Waals surface area contributed by atoms with Gasteiger partial charge in [0.15, 0.2) is 11.6 Å². The second-order valence-corrected chi connectivity index (χ2v) is 6.11. The molecule has 2 rings (SSSR count). The highest BCUT2D eigenvalue weighted by Crippen LogP contribution is 2.18. The molecule has 2 aromatic carbocycles. The van der Waals surface area contributed by atoms with E-state index < -0.39 is 17.7 Å². The number of hydrogen-bond acceptors (Lipinski definition) is 3. The van der Waals surface area contributed by atoms with Gasteiger partial charge >= 0.3 is 0 Å². The van der Waals surface area contributed by atoms with Crippen LogP contribution in [0.25, 0.3) is 0 Å². The Morgan fingerprint density at radius 2 is 1.79 bits per heavy atom. The summed E-state index contributed by atoms with van der Waals surface area (Å²) in [6.07, 6.45) is -0.599. The fourth-order valence-corrected chi connectivity index (χ4v) is 2.66. The molecule has 0 fully saturated rings. The average Bonchev–Trinajstić information content (AvgIpc) is 2.56. The van der Waals surface area contributed by atoms with Crippen LogP contribution in [0.1, 0.15) is 24.1 Å². The zero-order valence-corrected chi connectivity index (χ0v) is 14.0. The van der Waals surface area contributed by atoms with Crippen LogP contribution < -0.4 is 5.32 Å². The van der Waals surface area contributed by atoms with Gasteiger partial charge in [-0.3, -0.25) is 4.90 Å². The fraction of sp³-hybridized carbons (Fsp3) is 0.368. The van der Waals surface area contributed by atoms with Crippen LogP contribution >= 0.6 is 0 Å². The summed E-state index contributed by atoms with van der Waals surface area (Å²) in [5.41, 5.74) is 1.44. The topological polar surface area (TPSA) is 35.5 Å². The van der Waals surface area contributed by atoms with E-state index in [0.717, 1.165) is 12.6 Å². The molecule has 3 nitrogen and oxygen atoms in total. The Morgan fingerprint density at radius 1 is 1.08 bits per heavy atom. The van der Waals surface area contributed by atoms with Crippen molar-refractivity contribution in [1.82, 2.24) is 10.2 Å². The van der Waals surface area contributed by atoms with Gasteiger partial charge in [-0.2, -0.15) is 0 Å². The Hall–Kier alpha value is -1.82. The number of likely N-dealkylation sites (N-methyl/N-ethyl adjacent to an activating group) is 1. The van der Waals surface area contributed by atoms with E-state index >= 15 is 0 Å². The maximum absolute atomic E-state index is 13.7. The molecule has 0 radical (unpaired) electrons. The lowest BCUT2D eigenvalue weighted by molar-refractivity contribution is 0.118. The first kappa shape index (κ1) is 18.5. The zero-order valence-electron chi connectivity index (χ0n) is 14.0. The molecule has 0 saturated carbocycles. The molecule has 0 saturated heterocycles. The smallest absolute Gasteiger partial charge is 0.163 e. The van der Waals surface area contributed by atoms with Gasteiger partial charge in [0.2, 0.25) is 0 Å². The molecule has 0 spiro atoms. The Labute approximate surface area is 141 Å². The van der Waals surface area contributed by atoms with Gasteiger partial charge in [-0.25, -0.2) is 8.78 Å². The SMILES string of the molecule is CC(NCC(O)CN(C)Cc1ccccc1)c1cccc(F)c1F. The van der Waals surface area contributed by atoms with E-state index in [-0.39, 0.29) is 11.6 Å². The van der Waals surface area contributed by atoms with Gasteiger partial charge in [-0.15, -0.1) is 0 Å². The summed E-state index contributed by atoms with van der Waals surface area (Å²) in [5, 5.41) is 13.2. The van der Waals surface area contributed by atoms with Crippen LogP contribution in [0.3, 0.4) is 0 Å². The Balaban J connectivity index is 1.80. The minimum Gasteiger partial charge on any atom is -0.390 e. The van der Waals surface area contributed by atoms with E-state index in [1.807, 2.05) is 42.3 Å². The molecule has 0 bridgehead atoms. The van der Waals surface area contributed by atoms with Gasteiger partial charge in [0.05, 0.1) is 6.10 Å². The number of aliphatic hydroxyl groups excluding tert-OH is 1. The van der Waals surface area contributed by atoms with Gasteiger partial charge in [-0.1, -0.05) is 42.5 Å². The van der Waals surface area contributed by atoms with Gasteiger partial charge in [0.25, 0.3) is 0 Å². The molecule has 0 aliphatic rings. The van der Waals surface area contributed by atoms with Crippen LogP contribution in [0.5, 0.6) is 0 Å². The largest absolute Gasteiger partial charge is 0.390 e. The normalized spacial score (nSPS) is 13.9. The number of aliphatic hydroxyl groups is 1. The van der Waals surface area contributed by atoms with Crippen LogP contribution in [0.2, 0.25) is 0 Å².